The molecule has 1 aromatic heterocycles. The van der Waals surface area contributed by atoms with Crippen LogP contribution in [0.3, 0.4) is 0 Å². The highest BCUT2D eigenvalue weighted by molar-refractivity contribution is 5.97. The summed E-state index contributed by atoms with van der Waals surface area (Å²) in [5.74, 6) is 0.843. The molecule has 6 nitrogen and oxygen atoms in total. The number of fused-ring (bicyclic) bond motifs is 4. The van der Waals surface area contributed by atoms with Crippen LogP contribution in [0.15, 0.2) is 60.2 Å². The third kappa shape index (κ3) is 3.81. The molecule has 1 unspecified atom stereocenters. The smallest absolute Gasteiger partial charge is 0.246 e. The summed E-state index contributed by atoms with van der Waals surface area (Å²) in [7, 11) is 1.65. The van der Waals surface area contributed by atoms with Gasteiger partial charge in [-0.25, -0.2) is 0 Å². The molecule has 1 fully saturated rings. The molecule has 0 bridgehead atoms. The first-order valence-electron chi connectivity index (χ1n) is 12.7. The van der Waals surface area contributed by atoms with Crippen LogP contribution in [0.1, 0.15) is 55.0 Å². The van der Waals surface area contributed by atoms with Gasteiger partial charge < -0.3 is 19.5 Å². The predicted octanol–water partition coefficient (Wildman–Crippen LogP) is 4.75. The van der Waals surface area contributed by atoms with Crippen molar-refractivity contribution in [2.45, 2.75) is 50.6 Å². The van der Waals surface area contributed by atoms with E-state index in [0.717, 1.165) is 52.7 Å². The van der Waals surface area contributed by atoms with E-state index >= 15 is 0 Å². The highest BCUT2D eigenvalue weighted by Crippen LogP contribution is 2.42. The third-order valence-corrected chi connectivity index (χ3v) is 7.86. The Bertz CT molecular complexity index is 1310. The summed E-state index contributed by atoms with van der Waals surface area (Å²) in [6.45, 7) is 0.763. The van der Waals surface area contributed by atoms with E-state index in [4.69, 9.17) is 4.74 Å². The van der Waals surface area contributed by atoms with Crippen LogP contribution in [0.2, 0.25) is 0 Å². The fourth-order valence-electron chi connectivity index (χ4n) is 6.06. The molecule has 0 spiro atoms. The molecule has 1 N–H and O–H groups in total. The van der Waals surface area contributed by atoms with Crippen molar-refractivity contribution >= 4 is 22.7 Å². The SMILES string of the molecule is COc1ccc(C2c3[nH]c4ccccc4c3C[C@@H]3C(=O)N(CCC4=CCCCC4)CC(=O)N23)cc1. The maximum absolute atomic E-state index is 13.8. The molecule has 180 valence electrons. The predicted molar refractivity (Wildman–Crippen MR) is 135 cm³/mol. The molecule has 3 aliphatic rings. The van der Waals surface area contributed by atoms with Crippen molar-refractivity contribution in [2.75, 3.05) is 20.2 Å². The maximum Gasteiger partial charge on any atom is 0.246 e. The molecule has 6 heteroatoms. The van der Waals surface area contributed by atoms with Gasteiger partial charge in [-0.15, -0.1) is 0 Å². The number of carbonyl (C=O) groups excluding carboxylic acids is 2. The molecule has 2 aliphatic heterocycles. The standard InChI is InChI=1S/C29H31N3O3/c1-35-21-13-11-20(12-14-21)28-27-23(22-9-5-6-10-24(22)30-27)17-25-29(34)31(18-26(33)32(25)28)16-15-19-7-3-2-4-8-19/h5-7,9-14,25,28,30H,2-4,8,15-18H2,1H3/t25-,28?/m1/s1. The van der Waals surface area contributed by atoms with E-state index in [0.29, 0.717) is 13.0 Å². The molecule has 3 aromatic rings. The quantitative estimate of drug-likeness (QED) is 0.549. The first kappa shape index (κ1) is 22.0. The summed E-state index contributed by atoms with van der Waals surface area (Å²) in [5, 5.41) is 1.13. The van der Waals surface area contributed by atoms with Gasteiger partial charge in [0.25, 0.3) is 0 Å². The van der Waals surface area contributed by atoms with E-state index in [1.54, 1.807) is 12.0 Å². The summed E-state index contributed by atoms with van der Waals surface area (Å²) < 4.78 is 5.36. The lowest BCUT2D eigenvalue weighted by molar-refractivity contribution is -0.158. The van der Waals surface area contributed by atoms with Crippen molar-refractivity contribution in [3.63, 3.8) is 0 Å². The molecule has 2 atom stereocenters. The molecule has 6 rings (SSSR count). The number of carbonyl (C=O) groups is 2. The van der Waals surface area contributed by atoms with Crippen LogP contribution in [-0.4, -0.2) is 52.8 Å². The number of para-hydroxylation sites is 1. The number of nitrogens with zero attached hydrogens (tertiary/aromatic N) is 2. The fourth-order valence-corrected chi connectivity index (χ4v) is 6.06. The summed E-state index contributed by atoms with van der Waals surface area (Å²) in [6.07, 6.45) is 8.45. The Morgan fingerprint density at radius 2 is 1.89 bits per heavy atom. The van der Waals surface area contributed by atoms with Crippen molar-refractivity contribution in [2.24, 2.45) is 0 Å². The van der Waals surface area contributed by atoms with Gasteiger partial charge in [-0.2, -0.15) is 0 Å². The second-order valence-corrected chi connectivity index (χ2v) is 9.88. The van der Waals surface area contributed by atoms with E-state index in [9.17, 15) is 9.59 Å². The highest BCUT2D eigenvalue weighted by Gasteiger charge is 2.48. The number of methoxy groups -OCH3 is 1. The second-order valence-electron chi connectivity index (χ2n) is 9.88. The van der Waals surface area contributed by atoms with Gasteiger partial charge in [0.2, 0.25) is 11.8 Å². The molecule has 3 heterocycles. The molecular weight excluding hydrogens is 438 g/mol. The van der Waals surface area contributed by atoms with E-state index in [2.05, 4.69) is 23.2 Å². The zero-order valence-corrected chi connectivity index (χ0v) is 20.1. The number of nitrogens with one attached hydrogen (secondary N) is 1. The van der Waals surface area contributed by atoms with Gasteiger partial charge >= 0.3 is 0 Å². The zero-order chi connectivity index (χ0) is 23.9. The van der Waals surface area contributed by atoms with Crippen molar-refractivity contribution in [3.05, 3.63) is 77.0 Å². The van der Waals surface area contributed by atoms with Crippen LogP contribution in [-0.2, 0) is 16.0 Å². The summed E-state index contributed by atoms with van der Waals surface area (Å²) in [6, 6.07) is 15.2. The first-order chi connectivity index (χ1) is 17.1. The molecule has 2 amide bonds. The average molecular weight is 470 g/mol. The Balaban J connectivity index is 1.38. The second kappa shape index (κ2) is 8.91. The average Bonchev–Trinajstić information content (AvgIpc) is 3.28. The number of hydrogen-bond donors (Lipinski definition) is 1. The molecule has 1 saturated heterocycles. The van der Waals surface area contributed by atoms with Crippen molar-refractivity contribution in [1.29, 1.82) is 0 Å². The van der Waals surface area contributed by atoms with Gasteiger partial charge in [-0.1, -0.05) is 42.0 Å². The highest BCUT2D eigenvalue weighted by atomic mass is 16.5. The van der Waals surface area contributed by atoms with Gasteiger partial charge in [-0.05, 0) is 61.4 Å². The number of rotatable bonds is 5. The van der Waals surface area contributed by atoms with Crippen LogP contribution >= 0.6 is 0 Å². The number of amides is 2. The lowest BCUT2D eigenvalue weighted by Crippen LogP contribution is -2.63. The van der Waals surface area contributed by atoms with Gasteiger partial charge in [0, 0.05) is 29.6 Å². The van der Waals surface area contributed by atoms with Gasteiger partial charge in [-0.3, -0.25) is 9.59 Å². The summed E-state index contributed by atoms with van der Waals surface area (Å²) >= 11 is 0. The Kier molecular flexibility index (Phi) is 5.59. The van der Waals surface area contributed by atoms with Crippen LogP contribution in [0.5, 0.6) is 5.75 Å². The molecule has 0 saturated carbocycles. The normalized spacial score (nSPS) is 22.1. The number of aromatic amines is 1. The minimum atomic E-state index is -0.490. The Morgan fingerprint density at radius 1 is 1.06 bits per heavy atom. The molecule has 1 aliphatic carbocycles. The Morgan fingerprint density at radius 3 is 2.66 bits per heavy atom. The van der Waals surface area contributed by atoms with Gasteiger partial charge in [0.05, 0.1) is 19.7 Å². The number of ether oxygens (including phenoxy) is 1. The Labute approximate surface area is 205 Å². The van der Waals surface area contributed by atoms with Crippen LogP contribution in [0, 0.1) is 0 Å². The number of H-pyrrole nitrogens is 1. The summed E-state index contributed by atoms with van der Waals surface area (Å²) in [4.78, 5) is 34.7. The van der Waals surface area contributed by atoms with Crippen molar-refractivity contribution in [1.82, 2.24) is 14.8 Å². The maximum atomic E-state index is 13.8. The van der Waals surface area contributed by atoms with Crippen LogP contribution in [0.25, 0.3) is 10.9 Å². The largest absolute Gasteiger partial charge is 0.497 e. The molecular formula is C29H31N3O3. The van der Waals surface area contributed by atoms with E-state index in [1.807, 2.05) is 41.3 Å². The number of aromatic nitrogens is 1. The molecule has 35 heavy (non-hydrogen) atoms. The minimum absolute atomic E-state index is 0.0114. The minimum Gasteiger partial charge on any atom is -0.497 e. The summed E-state index contributed by atoms with van der Waals surface area (Å²) in [5.41, 5.74) is 5.59. The number of benzene rings is 2. The third-order valence-electron chi connectivity index (χ3n) is 7.86. The first-order valence-corrected chi connectivity index (χ1v) is 12.7. The zero-order valence-electron chi connectivity index (χ0n) is 20.1. The van der Waals surface area contributed by atoms with Crippen molar-refractivity contribution < 1.29 is 14.3 Å². The monoisotopic (exact) mass is 469 g/mol. The Hall–Kier alpha value is -3.54. The van der Waals surface area contributed by atoms with Gasteiger partial charge in [0.15, 0.2) is 0 Å². The molecule has 2 aromatic carbocycles. The van der Waals surface area contributed by atoms with E-state index in [-0.39, 0.29) is 24.4 Å². The van der Waals surface area contributed by atoms with Crippen LogP contribution in [0.4, 0.5) is 0 Å². The number of allylic oxidation sites excluding steroid dienone is 1. The van der Waals surface area contributed by atoms with E-state index in [1.165, 1.54) is 18.4 Å². The van der Waals surface area contributed by atoms with Crippen LogP contribution < -0.4 is 4.74 Å². The van der Waals surface area contributed by atoms with Gasteiger partial charge in [0.1, 0.15) is 11.8 Å². The lowest BCUT2D eigenvalue weighted by Gasteiger charge is -2.47. The fraction of sp³-hybridized carbons (Fsp3) is 0.379. The topological polar surface area (TPSA) is 65.6 Å². The lowest BCUT2D eigenvalue weighted by atomic mass is 9.86. The number of hydrogen-bond acceptors (Lipinski definition) is 3. The van der Waals surface area contributed by atoms with E-state index < -0.39 is 6.04 Å². The molecule has 0 radical (unpaired) electrons. The van der Waals surface area contributed by atoms with Crippen molar-refractivity contribution in [3.8, 4) is 5.75 Å². The number of piperazine rings is 1.